The molecule has 1 saturated heterocycles. The number of ether oxygens (including phenoxy) is 1. The van der Waals surface area contributed by atoms with Crippen molar-refractivity contribution >= 4 is 52.3 Å². The fraction of sp³-hybridized carbons (Fsp3) is 0.323. The molecule has 6 rings (SSSR count). The molecule has 0 radical (unpaired) electrons. The molecule has 224 valence electrons. The van der Waals surface area contributed by atoms with Gasteiger partial charge in [-0.2, -0.15) is 0 Å². The molecular weight excluding hydrogens is 601 g/mol. The summed E-state index contributed by atoms with van der Waals surface area (Å²) in [4.78, 5) is 39.3. The van der Waals surface area contributed by atoms with Gasteiger partial charge in [0.1, 0.15) is 11.6 Å². The molecule has 3 aromatic rings. The number of methoxy groups -OCH3 is 1. The molecule has 2 fully saturated rings. The van der Waals surface area contributed by atoms with Crippen molar-refractivity contribution in [3.8, 4) is 5.75 Å². The quantitative estimate of drug-likeness (QED) is 0.259. The van der Waals surface area contributed by atoms with Crippen LogP contribution in [0.3, 0.4) is 0 Å². The summed E-state index contributed by atoms with van der Waals surface area (Å²) in [6.07, 6.45) is 1.72. The molecule has 5 N–H and O–H groups in total. The highest BCUT2D eigenvalue weighted by Gasteiger charge is 2.63. The molecule has 3 amide bonds. The highest BCUT2D eigenvalue weighted by molar-refractivity contribution is 6.35. The molecule has 12 heteroatoms. The molecule has 8 nitrogen and oxygen atoms in total. The molecule has 0 aromatic heterocycles. The second-order valence-electron chi connectivity index (χ2n) is 11.4. The Bertz CT molecular complexity index is 1680. The molecule has 2 aliphatic heterocycles. The number of halogens is 4. The number of amides is 3. The first-order valence-corrected chi connectivity index (χ1v) is 14.5. The standard InChI is InChI=1S/C31H28Cl2F2N4O4/c1-43-24-9-15(27(36)40)5-6-22(24)38-28(41)17-10-18-23(11-21(17)33)39-29(42)31(18)19(16-3-2-4-20(32)26(16)35)13-37-25(31)12-30(14-34)7-8-30/h2-6,9-11,19,25,37H,7-8,12-14H2,1H3,(H2,36,40)(H,38,41)(H,39,42). The maximum absolute atomic E-state index is 15.5. The van der Waals surface area contributed by atoms with Gasteiger partial charge in [0.25, 0.3) is 5.91 Å². The Balaban J connectivity index is 1.46. The van der Waals surface area contributed by atoms with Crippen LogP contribution in [0.4, 0.5) is 20.2 Å². The summed E-state index contributed by atoms with van der Waals surface area (Å²) >= 11 is 12.7. The van der Waals surface area contributed by atoms with Gasteiger partial charge in [0.2, 0.25) is 11.8 Å². The number of hydrogen-bond donors (Lipinski definition) is 4. The van der Waals surface area contributed by atoms with Crippen LogP contribution in [0.1, 0.15) is 57.0 Å². The normalized spacial score (nSPS) is 23.1. The zero-order valence-electron chi connectivity index (χ0n) is 23.0. The number of fused-ring (bicyclic) bond motifs is 2. The van der Waals surface area contributed by atoms with Crippen molar-refractivity contribution in [2.75, 3.05) is 31.0 Å². The first-order chi connectivity index (χ1) is 20.5. The molecule has 3 atom stereocenters. The number of primary amides is 1. The number of nitrogens with one attached hydrogen (secondary N) is 3. The summed E-state index contributed by atoms with van der Waals surface area (Å²) in [5.41, 5.74) is 5.02. The van der Waals surface area contributed by atoms with Crippen molar-refractivity contribution in [1.29, 1.82) is 0 Å². The van der Waals surface area contributed by atoms with Gasteiger partial charge in [0.15, 0.2) is 0 Å². The highest BCUT2D eigenvalue weighted by atomic mass is 35.5. The van der Waals surface area contributed by atoms with Gasteiger partial charge < -0.3 is 26.4 Å². The molecule has 0 bridgehead atoms. The SMILES string of the molecule is COc1cc(C(N)=O)ccc1NC(=O)c1cc2c(cc1Cl)NC(=O)C21C(CC2(CF)CC2)NCC1c1cccc(Cl)c1F. The maximum atomic E-state index is 15.5. The van der Waals surface area contributed by atoms with Crippen LogP contribution in [-0.2, 0) is 10.2 Å². The Hall–Kier alpha value is -3.73. The summed E-state index contributed by atoms with van der Waals surface area (Å²) in [5, 5.41) is 9.03. The third-order valence-corrected chi connectivity index (χ3v) is 9.66. The van der Waals surface area contributed by atoms with Gasteiger partial charge >= 0.3 is 0 Å². The number of anilines is 2. The van der Waals surface area contributed by atoms with Crippen LogP contribution >= 0.6 is 23.2 Å². The van der Waals surface area contributed by atoms with Crippen molar-refractivity contribution in [3.63, 3.8) is 0 Å². The molecule has 3 aromatic carbocycles. The minimum absolute atomic E-state index is 0.0555. The average Bonchev–Trinajstić information content (AvgIpc) is 3.58. The second-order valence-corrected chi connectivity index (χ2v) is 12.2. The lowest BCUT2D eigenvalue weighted by molar-refractivity contribution is -0.121. The molecular formula is C31H28Cl2F2N4O4. The highest BCUT2D eigenvalue weighted by Crippen LogP contribution is 2.59. The third-order valence-electron chi connectivity index (χ3n) is 9.06. The van der Waals surface area contributed by atoms with E-state index in [0.717, 1.165) is 0 Å². The van der Waals surface area contributed by atoms with Crippen LogP contribution in [-0.4, -0.2) is 44.1 Å². The lowest BCUT2D eigenvalue weighted by atomic mass is 9.64. The summed E-state index contributed by atoms with van der Waals surface area (Å²) in [6, 6.07) is 11.4. The molecule has 2 heterocycles. The van der Waals surface area contributed by atoms with E-state index in [1.54, 1.807) is 18.2 Å². The molecule has 1 spiro atoms. The van der Waals surface area contributed by atoms with Crippen molar-refractivity contribution < 1.29 is 27.9 Å². The van der Waals surface area contributed by atoms with Gasteiger partial charge in [-0.05, 0) is 66.8 Å². The van der Waals surface area contributed by atoms with Gasteiger partial charge in [-0.25, -0.2) is 4.39 Å². The van der Waals surface area contributed by atoms with Crippen LogP contribution < -0.4 is 26.4 Å². The van der Waals surface area contributed by atoms with E-state index in [2.05, 4.69) is 16.0 Å². The summed E-state index contributed by atoms with van der Waals surface area (Å²) in [5.74, 6) is -2.82. The van der Waals surface area contributed by atoms with Gasteiger partial charge in [0.05, 0.1) is 40.5 Å². The van der Waals surface area contributed by atoms with E-state index in [0.29, 0.717) is 30.5 Å². The number of hydrogen-bond acceptors (Lipinski definition) is 5. The van der Waals surface area contributed by atoms with E-state index >= 15 is 4.39 Å². The Morgan fingerprint density at radius 1 is 1.14 bits per heavy atom. The maximum Gasteiger partial charge on any atom is 0.257 e. The van der Waals surface area contributed by atoms with Gasteiger partial charge in [-0.15, -0.1) is 0 Å². The largest absolute Gasteiger partial charge is 0.495 e. The number of nitrogens with two attached hydrogens (primary N) is 1. The van der Waals surface area contributed by atoms with E-state index in [1.807, 2.05) is 0 Å². The number of carbonyl (C=O) groups excluding carboxylic acids is 3. The predicted molar refractivity (Wildman–Crippen MR) is 159 cm³/mol. The van der Waals surface area contributed by atoms with Crippen LogP contribution in [0.15, 0.2) is 48.5 Å². The van der Waals surface area contributed by atoms with Gasteiger partial charge in [-0.3, -0.25) is 18.8 Å². The lowest BCUT2D eigenvalue weighted by Crippen LogP contribution is -2.49. The second kappa shape index (κ2) is 10.8. The van der Waals surface area contributed by atoms with Gasteiger partial charge in [-0.1, -0.05) is 35.3 Å². The zero-order chi connectivity index (χ0) is 30.7. The predicted octanol–water partition coefficient (Wildman–Crippen LogP) is 5.58. The van der Waals surface area contributed by atoms with Crippen LogP contribution in [0.5, 0.6) is 5.75 Å². The van der Waals surface area contributed by atoms with Crippen molar-refractivity contribution in [2.45, 2.75) is 36.6 Å². The minimum Gasteiger partial charge on any atom is -0.495 e. The number of carbonyl (C=O) groups is 3. The molecule has 1 saturated carbocycles. The minimum atomic E-state index is -1.38. The fourth-order valence-corrected chi connectivity index (χ4v) is 7.01. The van der Waals surface area contributed by atoms with Crippen LogP contribution in [0, 0.1) is 11.2 Å². The van der Waals surface area contributed by atoms with Crippen molar-refractivity contribution in [1.82, 2.24) is 5.32 Å². The number of benzene rings is 3. The fourth-order valence-electron chi connectivity index (χ4n) is 6.58. The Morgan fingerprint density at radius 2 is 1.91 bits per heavy atom. The first-order valence-electron chi connectivity index (χ1n) is 13.7. The van der Waals surface area contributed by atoms with E-state index in [1.165, 1.54) is 37.4 Å². The molecule has 1 aliphatic carbocycles. The molecule has 43 heavy (non-hydrogen) atoms. The topological polar surface area (TPSA) is 123 Å². The summed E-state index contributed by atoms with van der Waals surface area (Å²) in [7, 11) is 1.38. The van der Waals surface area contributed by atoms with E-state index in [9.17, 15) is 18.8 Å². The Labute approximate surface area is 256 Å². The van der Waals surface area contributed by atoms with Crippen LogP contribution in [0.25, 0.3) is 0 Å². The van der Waals surface area contributed by atoms with E-state index < -0.39 is 53.0 Å². The van der Waals surface area contributed by atoms with E-state index in [-0.39, 0.29) is 44.7 Å². The lowest BCUT2D eigenvalue weighted by Gasteiger charge is -2.36. The van der Waals surface area contributed by atoms with Crippen molar-refractivity contribution in [2.24, 2.45) is 11.1 Å². The third kappa shape index (κ3) is 4.72. The molecule has 3 aliphatic rings. The van der Waals surface area contributed by atoms with Gasteiger partial charge in [0, 0.05) is 35.2 Å². The Morgan fingerprint density at radius 3 is 2.58 bits per heavy atom. The summed E-state index contributed by atoms with van der Waals surface area (Å²) in [6.45, 7) is -0.304. The monoisotopic (exact) mass is 628 g/mol. The molecule has 3 unspecified atom stereocenters. The average molecular weight is 629 g/mol. The number of rotatable bonds is 8. The van der Waals surface area contributed by atoms with E-state index in [4.69, 9.17) is 33.7 Å². The summed E-state index contributed by atoms with van der Waals surface area (Å²) < 4.78 is 35.0. The zero-order valence-corrected chi connectivity index (χ0v) is 24.5. The number of alkyl halides is 1. The smallest absolute Gasteiger partial charge is 0.257 e. The van der Waals surface area contributed by atoms with Crippen LogP contribution in [0.2, 0.25) is 10.0 Å². The van der Waals surface area contributed by atoms with Crippen molar-refractivity contribution in [3.05, 3.63) is 86.6 Å². The first kappa shape index (κ1) is 29.3. The Kier molecular flexibility index (Phi) is 7.35.